The quantitative estimate of drug-likeness (QED) is 0.702. The van der Waals surface area contributed by atoms with E-state index in [-0.39, 0.29) is 18.1 Å². The lowest BCUT2D eigenvalue weighted by Gasteiger charge is -2.02. The number of carbonyl (C=O) groups excluding carboxylic acids is 2. The molecule has 0 fully saturated rings. The van der Waals surface area contributed by atoms with E-state index in [0.717, 1.165) is 0 Å². The molecule has 3 rings (SSSR count). The van der Waals surface area contributed by atoms with Crippen LogP contribution in [0.3, 0.4) is 0 Å². The average Bonchev–Trinajstić information content (AvgIpc) is 3.24. The minimum atomic E-state index is -0.437. The van der Waals surface area contributed by atoms with Crippen LogP contribution >= 0.6 is 22.9 Å². The Balaban J connectivity index is 1.67. The van der Waals surface area contributed by atoms with Crippen molar-refractivity contribution >= 4 is 34.6 Å². The van der Waals surface area contributed by atoms with E-state index in [1.165, 1.54) is 11.3 Å². The molecule has 0 bridgehead atoms. The van der Waals surface area contributed by atoms with Gasteiger partial charge in [0.15, 0.2) is 11.5 Å². The van der Waals surface area contributed by atoms with Gasteiger partial charge in [-0.3, -0.25) is 9.59 Å². The number of halogens is 1. The van der Waals surface area contributed by atoms with Gasteiger partial charge < -0.3 is 9.73 Å². The minimum absolute atomic E-state index is 0.0680. The smallest absolute Gasteiger partial charge is 0.287 e. The van der Waals surface area contributed by atoms with Crippen molar-refractivity contribution in [3.63, 3.8) is 0 Å². The summed E-state index contributed by atoms with van der Waals surface area (Å²) in [7, 11) is 0. The number of furan rings is 1. The second-order valence-corrected chi connectivity index (χ2v) is 6.08. The number of hydrogen-bond acceptors (Lipinski definition) is 4. The highest BCUT2D eigenvalue weighted by Crippen LogP contribution is 2.28. The number of ketones is 1. The summed E-state index contributed by atoms with van der Waals surface area (Å²) in [4.78, 5) is 24.5. The van der Waals surface area contributed by atoms with Crippen LogP contribution in [0, 0.1) is 0 Å². The van der Waals surface area contributed by atoms with Crippen molar-refractivity contribution in [1.29, 1.82) is 0 Å². The van der Waals surface area contributed by atoms with Gasteiger partial charge in [0.05, 0.1) is 16.4 Å². The van der Waals surface area contributed by atoms with E-state index in [4.69, 9.17) is 16.0 Å². The van der Waals surface area contributed by atoms with Gasteiger partial charge in [0.1, 0.15) is 5.76 Å². The second kappa shape index (κ2) is 6.81. The zero-order valence-electron chi connectivity index (χ0n) is 11.9. The summed E-state index contributed by atoms with van der Waals surface area (Å²) in [6.45, 7) is -0.0680. The molecule has 0 spiro atoms. The molecule has 4 nitrogen and oxygen atoms in total. The molecule has 2 heterocycles. The fraction of sp³-hybridized carbons (Fsp3) is 0.0588. The molecule has 1 amide bonds. The maximum atomic E-state index is 12.1. The van der Waals surface area contributed by atoms with Crippen molar-refractivity contribution < 1.29 is 14.0 Å². The minimum Gasteiger partial charge on any atom is -0.451 e. The predicted molar refractivity (Wildman–Crippen MR) is 90.1 cm³/mol. The van der Waals surface area contributed by atoms with Gasteiger partial charge in [-0.1, -0.05) is 29.8 Å². The maximum Gasteiger partial charge on any atom is 0.287 e. The lowest BCUT2D eigenvalue weighted by molar-refractivity contribution is 0.0887. The van der Waals surface area contributed by atoms with Gasteiger partial charge in [-0.05, 0) is 35.7 Å². The van der Waals surface area contributed by atoms with Crippen molar-refractivity contribution in [1.82, 2.24) is 5.32 Å². The predicted octanol–water partition coefficient (Wildman–Crippen LogP) is 4.27. The molecule has 0 unspecified atom stereocenters. The van der Waals surface area contributed by atoms with Crippen LogP contribution in [-0.4, -0.2) is 18.2 Å². The van der Waals surface area contributed by atoms with Gasteiger partial charge in [-0.25, -0.2) is 0 Å². The molecule has 3 aromatic rings. The molecule has 0 radical (unpaired) electrons. The lowest BCUT2D eigenvalue weighted by atomic mass is 10.2. The molecule has 0 saturated carbocycles. The van der Waals surface area contributed by atoms with Crippen LogP contribution in [0.15, 0.2) is 58.3 Å². The van der Waals surface area contributed by atoms with E-state index < -0.39 is 5.91 Å². The average molecular weight is 346 g/mol. The number of nitrogens with one attached hydrogen (secondary N) is 1. The number of thiophene rings is 1. The number of carbonyl (C=O) groups is 2. The first-order chi connectivity index (χ1) is 11.1. The summed E-state index contributed by atoms with van der Waals surface area (Å²) < 4.78 is 5.53. The molecule has 0 aliphatic carbocycles. The second-order valence-electron chi connectivity index (χ2n) is 4.73. The molecule has 1 aromatic carbocycles. The number of benzene rings is 1. The van der Waals surface area contributed by atoms with Crippen LogP contribution in [0.1, 0.15) is 20.2 Å². The third-order valence-corrected chi connectivity index (χ3v) is 4.42. The van der Waals surface area contributed by atoms with Crippen LogP contribution in [0.4, 0.5) is 0 Å². The maximum absolute atomic E-state index is 12.1. The largest absolute Gasteiger partial charge is 0.451 e. The fourth-order valence-corrected chi connectivity index (χ4v) is 2.93. The normalized spacial score (nSPS) is 10.5. The summed E-state index contributed by atoms with van der Waals surface area (Å²) in [6, 6.07) is 14.0. The molecule has 2 aromatic heterocycles. The Labute approximate surface area is 141 Å². The third kappa shape index (κ3) is 3.52. The summed E-state index contributed by atoms with van der Waals surface area (Å²) in [6.07, 6.45) is 0. The van der Waals surface area contributed by atoms with E-state index in [0.29, 0.717) is 21.2 Å². The van der Waals surface area contributed by atoms with E-state index >= 15 is 0 Å². The van der Waals surface area contributed by atoms with Crippen molar-refractivity contribution in [2.75, 3.05) is 6.54 Å². The van der Waals surface area contributed by atoms with Crippen LogP contribution in [-0.2, 0) is 0 Å². The highest BCUT2D eigenvalue weighted by Gasteiger charge is 2.15. The van der Waals surface area contributed by atoms with Crippen molar-refractivity contribution in [3.8, 4) is 11.3 Å². The van der Waals surface area contributed by atoms with Gasteiger partial charge in [-0.2, -0.15) is 0 Å². The highest BCUT2D eigenvalue weighted by molar-refractivity contribution is 7.12. The third-order valence-electron chi connectivity index (χ3n) is 3.17. The van der Waals surface area contributed by atoms with Crippen molar-refractivity contribution in [2.45, 2.75) is 0 Å². The van der Waals surface area contributed by atoms with Crippen molar-refractivity contribution in [3.05, 3.63) is 69.6 Å². The van der Waals surface area contributed by atoms with E-state index in [1.807, 2.05) is 23.6 Å². The Bertz CT molecular complexity index is 839. The molecule has 0 aliphatic heterocycles. The summed E-state index contributed by atoms with van der Waals surface area (Å²) in [5.74, 6) is 0.0728. The molecular weight excluding hydrogens is 334 g/mol. The molecule has 116 valence electrons. The first kappa shape index (κ1) is 15.5. The van der Waals surface area contributed by atoms with Crippen LogP contribution in [0.5, 0.6) is 0 Å². The van der Waals surface area contributed by atoms with Crippen LogP contribution < -0.4 is 5.32 Å². The van der Waals surface area contributed by atoms with Gasteiger partial charge in [0.2, 0.25) is 0 Å². The first-order valence-electron chi connectivity index (χ1n) is 6.85. The van der Waals surface area contributed by atoms with Crippen LogP contribution in [0.25, 0.3) is 11.3 Å². The Morgan fingerprint density at radius 2 is 1.91 bits per heavy atom. The lowest BCUT2D eigenvalue weighted by Crippen LogP contribution is -2.28. The Hall–Kier alpha value is -2.37. The zero-order chi connectivity index (χ0) is 16.2. The fourth-order valence-electron chi connectivity index (χ4n) is 2.04. The zero-order valence-corrected chi connectivity index (χ0v) is 13.5. The molecule has 0 saturated heterocycles. The topological polar surface area (TPSA) is 59.3 Å². The van der Waals surface area contributed by atoms with E-state index in [2.05, 4.69) is 5.32 Å². The number of amides is 1. The van der Waals surface area contributed by atoms with Gasteiger partial charge >= 0.3 is 0 Å². The summed E-state index contributed by atoms with van der Waals surface area (Å²) >= 11 is 7.45. The molecule has 0 aliphatic rings. The monoisotopic (exact) mass is 345 g/mol. The van der Waals surface area contributed by atoms with Gasteiger partial charge in [0, 0.05) is 5.56 Å². The Morgan fingerprint density at radius 3 is 2.65 bits per heavy atom. The van der Waals surface area contributed by atoms with Crippen molar-refractivity contribution in [2.24, 2.45) is 0 Å². The van der Waals surface area contributed by atoms with Gasteiger partial charge in [0.25, 0.3) is 5.91 Å². The summed E-state index contributed by atoms with van der Waals surface area (Å²) in [5, 5.41) is 4.92. The molecule has 0 atom stereocenters. The van der Waals surface area contributed by atoms with E-state index in [1.54, 1.807) is 30.3 Å². The summed E-state index contributed by atoms with van der Waals surface area (Å²) in [5.41, 5.74) is 0.711. The molecular formula is C17H12ClNO3S. The molecule has 23 heavy (non-hydrogen) atoms. The number of Topliss-reactive ketones (excluding diaryl/α,β-unsaturated/α-hetero) is 1. The number of rotatable bonds is 5. The number of hydrogen-bond donors (Lipinski definition) is 1. The van der Waals surface area contributed by atoms with Crippen LogP contribution in [0.2, 0.25) is 5.02 Å². The standard InChI is InChI=1S/C17H12ClNO3S/c18-12-5-2-1-4-11(12)14-7-8-15(22-14)17(21)19-10-13(20)16-6-3-9-23-16/h1-9H,10H2,(H,19,21). The van der Waals surface area contributed by atoms with E-state index in [9.17, 15) is 9.59 Å². The molecule has 6 heteroatoms. The Kier molecular flexibility index (Phi) is 4.60. The molecule has 1 N–H and O–H groups in total. The SMILES string of the molecule is O=C(NCC(=O)c1cccs1)c1ccc(-c2ccccc2Cl)o1. The highest BCUT2D eigenvalue weighted by atomic mass is 35.5. The first-order valence-corrected chi connectivity index (χ1v) is 8.10. The Morgan fingerprint density at radius 1 is 1.09 bits per heavy atom. The van der Waals surface area contributed by atoms with Gasteiger partial charge in [-0.15, -0.1) is 11.3 Å².